The molecule has 0 aliphatic carbocycles. The summed E-state index contributed by atoms with van der Waals surface area (Å²) in [4.78, 5) is 17.1. The van der Waals surface area contributed by atoms with Gasteiger partial charge in [0.05, 0.1) is 6.54 Å². The van der Waals surface area contributed by atoms with Crippen LogP contribution in [0.3, 0.4) is 0 Å². The number of hydrogen-bond acceptors (Lipinski definition) is 3. The van der Waals surface area contributed by atoms with Crippen LogP contribution >= 0.6 is 15.9 Å². The van der Waals surface area contributed by atoms with Crippen molar-refractivity contribution in [2.45, 2.75) is 19.3 Å². The second kappa shape index (κ2) is 8.73. The average Bonchev–Trinajstić information content (AvgIpc) is 3.10. The van der Waals surface area contributed by atoms with Crippen LogP contribution in [0.25, 0.3) is 0 Å². The molecule has 1 N–H and O–H groups in total. The summed E-state index contributed by atoms with van der Waals surface area (Å²) in [5.41, 5.74) is 1.26. The van der Waals surface area contributed by atoms with Crippen LogP contribution in [0.15, 0.2) is 28.7 Å². The number of likely N-dealkylation sites (tertiary alicyclic amines) is 1. The lowest BCUT2D eigenvalue weighted by Gasteiger charge is -2.30. The molecule has 3 rings (SSSR count). The molecule has 2 saturated heterocycles. The number of rotatable bonds is 5. The van der Waals surface area contributed by atoms with Crippen LogP contribution in [0.4, 0.5) is 5.69 Å². The highest BCUT2D eigenvalue weighted by atomic mass is 79.9. The summed E-state index contributed by atoms with van der Waals surface area (Å²) in [5, 5.41) is 3.19. The third-order valence-electron chi connectivity index (χ3n) is 5.32. The van der Waals surface area contributed by atoms with Crippen LogP contribution in [-0.2, 0) is 4.79 Å². The fraction of sp³-hybridized carbons (Fsp3) is 0.550. The fourth-order valence-electron chi connectivity index (χ4n) is 3.76. The van der Waals surface area contributed by atoms with Gasteiger partial charge in [-0.2, -0.15) is 0 Å². The topological polar surface area (TPSA) is 35.6 Å². The molecular formula is C20H26BrN3O. The number of benzene rings is 1. The molecule has 0 aromatic heterocycles. The Hall–Kier alpha value is -1.51. The lowest BCUT2D eigenvalue weighted by molar-refractivity contribution is -0.126. The Balaban J connectivity index is 1.40. The molecule has 4 nitrogen and oxygen atoms in total. The third kappa shape index (κ3) is 4.99. The van der Waals surface area contributed by atoms with Gasteiger partial charge in [0.25, 0.3) is 0 Å². The van der Waals surface area contributed by atoms with Crippen molar-refractivity contribution in [3.8, 4) is 12.3 Å². The summed E-state index contributed by atoms with van der Waals surface area (Å²) in [6, 6.07) is 8.46. The average molecular weight is 404 g/mol. The number of carbonyl (C=O) groups is 1. The van der Waals surface area contributed by atoms with Gasteiger partial charge in [-0.15, -0.1) is 6.42 Å². The Morgan fingerprint density at radius 3 is 2.60 bits per heavy atom. The zero-order chi connectivity index (χ0) is 17.6. The van der Waals surface area contributed by atoms with Crippen LogP contribution < -0.4 is 10.2 Å². The standard InChI is InChI=1S/C20H26BrN3O/c1-2-10-23-11-8-17(9-12-23)20(25)22-14-16-7-13-24(15-16)19-5-3-18(21)4-6-19/h1,3-6,16-17H,7-15H2,(H,22,25)/t16-/m1/s1. The van der Waals surface area contributed by atoms with E-state index in [-0.39, 0.29) is 11.8 Å². The number of terminal acetylenes is 1. The van der Waals surface area contributed by atoms with Crippen molar-refractivity contribution in [1.29, 1.82) is 0 Å². The number of halogens is 1. The van der Waals surface area contributed by atoms with E-state index in [1.165, 1.54) is 5.69 Å². The summed E-state index contributed by atoms with van der Waals surface area (Å²) >= 11 is 3.48. The molecule has 1 amide bonds. The van der Waals surface area contributed by atoms with Gasteiger partial charge >= 0.3 is 0 Å². The number of piperidine rings is 1. The highest BCUT2D eigenvalue weighted by Gasteiger charge is 2.27. The van der Waals surface area contributed by atoms with E-state index in [0.717, 1.165) is 56.5 Å². The molecule has 0 bridgehead atoms. The molecule has 25 heavy (non-hydrogen) atoms. The van der Waals surface area contributed by atoms with Crippen molar-refractivity contribution in [1.82, 2.24) is 10.2 Å². The number of amides is 1. The Kier molecular flexibility index (Phi) is 6.39. The van der Waals surface area contributed by atoms with Crippen LogP contribution in [-0.4, -0.2) is 50.1 Å². The molecule has 0 spiro atoms. The van der Waals surface area contributed by atoms with E-state index in [9.17, 15) is 4.79 Å². The van der Waals surface area contributed by atoms with Crippen molar-refractivity contribution in [2.75, 3.05) is 44.2 Å². The van der Waals surface area contributed by atoms with Gasteiger partial charge in [-0.25, -0.2) is 0 Å². The maximum absolute atomic E-state index is 12.4. The normalized spacial score (nSPS) is 21.9. The molecule has 0 radical (unpaired) electrons. The molecule has 1 aromatic carbocycles. The minimum absolute atomic E-state index is 0.151. The Morgan fingerprint density at radius 1 is 1.20 bits per heavy atom. The first-order valence-corrected chi connectivity index (χ1v) is 9.89. The molecule has 134 valence electrons. The van der Waals surface area contributed by atoms with Crippen LogP contribution in [0.1, 0.15) is 19.3 Å². The Labute approximate surface area is 159 Å². The molecule has 0 saturated carbocycles. The lowest BCUT2D eigenvalue weighted by Crippen LogP contribution is -2.42. The first-order valence-electron chi connectivity index (χ1n) is 9.09. The lowest BCUT2D eigenvalue weighted by atomic mass is 9.95. The molecule has 2 aliphatic heterocycles. The van der Waals surface area contributed by atoms with E-state index in [1.54, 1.807) is 0 Å². The summed E-state index contributed by atoms with van der Waals surface area (Å²) < 4.78 is 1.10. The van der Waals surface area contributed by atoms with E-state index in [2.05, 4.69) is 61.2 Å². The maximum atomic E-state index is 12.4. The van der Waals surface area contributed by atoms with Crippen molar-refractivity contribution < 1.29 is 4.79 Å². The van der Waals surface area contributed by atoms with E-state index in [4.69, 9.17) is 6.42 Å². The largest absolute Gasteiger partial charge is 0.371 e. The predicted molar refractivity (Wildman–Crippen MR) is 105 cm³/mol. The van der Waals surface area contributed by atoms with Gasteiger partial charge in [0.15, 0.2) is 0 Å². The SMILES string of the molecule is C#CCN1CCC(C(=O)NC[C@H]2CCN(c3ccc(Br)cc3)C2)CC1. The van der Waals surface area contributed by atoms with Gasteiger partial charge in [0, 0.05) is 35.7 Å². The van der Waals surface area contributed by atoms with Crippen LogP contribution in [0, 0.1) is 24.2 Å². The Morgan fingerprint density at radius 2 is 1.92 bits per heavy atom. The van der Waals surface area contributed by atoms with Crippen molar-refractivity contribution in [3.05, 3.63) is 28.7 Å². The molecule has 1 atom stereocenters. The molecule has 0 unspecified atom stereocenters. The first kappa shape index (κ1) is 18.3. The van der Waals surface area contributed by atoms with Crippen molar-refractivity contribution >= 4 is 27.5 Å². The van der Waals surface area contributed by atoms with Gasteiger partial charge < -0.3 is 10.2 Å². The second-order valence-corrected chi connectivity index (χ2v) is 7.99. The minimum Gasteiger partial charge on any atom is -0.371 e. The number of carbonyl (C=O) groups excluding carboxylic acids is 1. The van der Waals surface area contributed by atoms with E-state index >= 15 is 0 Å². The van der Waals surface area contributed by atoms with Crippen molar-refractivity contribution in [3.63, 3.8) is 0 Å². The molecule has 2 aliphatic rings. The van der Waals surface area contributed by atoms with Gasteiger partial charge in [0.2, 0.25) is 5.91 Å². The molecule has 5 heteroatoms. The molecule has 2 fully saturated rings. The van der Waals surface area contributed by atoms with Gasteiger partial charge in [-0.3, -0.25) is 9.69 Å². The second-order valence-electron chi connectivity index (χ2n) is 7.08. The highest BCUT2D eigenvalue weighted by Crippen LogP contribution is 2.25. The zero-order valence-electron chi connectivity index (χ0n) is 14.6. The number of nitrogens with zero attached hydrogens (tertiary/aromatic N) is 2. The predicted octanol–water partition coefficient (Wildman–Crippen LogP) is 2.74. The maximum Gasteiger partial charge on any atom is 0.223 e. The van der Waals surface area contributed by atoms with Gasteiger partial charge in [-0.05, 0) is 62.5 Å². The van der Waals surface area contributed by atoms with Crippen LogP contribution in [0.2, 0.25) is 0 Å². The molecule has 2 heterocycles. The number of anilines is 1. The van der Waals surface area contributed by atoms with Gasteiger partial charge in [0.1, 0.15) is 0 Å². The third-order valence-corrected chi connectivity index (χ3v) is 5.84. The van der Waals surface area contributed by atoms with E-state index in [1.807, 2.05) is 0 Å². The smallest absolute Gasteiger partial charge is 0.223 e. The number of hydrogen-bond donors (Lipinski definition) is 1. The van der Waals surface area contributed by atoms with E-state index < -0.39 is 0 Å². The number of nitrogens with one attached hydrogen (secondary N) is 1. The van der Waals surface area contributed by atoms with Crippen LogP contribution in [0.5, 0.6) is 0 Å². The summed E-state index contributed by atoms with van der Waals surface area (Å²) in [7, 11) is 0. The molecule has 1 aromatic rings. The van der Waals surface area contributed by atoms with Crippen molar-refractivity contribution in [2.24, 2.45) is 11.8 Å². The molecular weight excluding hydrogens is 378 g/mol. The monoisotopic (exact) mass is 403 g/mol. The summed E-state index contributed by atoms with van der Waals surface area (Å²) in [6.45, 7) is 5.43. The quantitative estimate of drug-likeness (QED) is 0.767. The van der Waals surface area contributed by atoms with Gasteiger partial charge in [-0.1, -0.05) is 21.9 Å². The minimum atomic E-state index is 0.151. The Bertz CT molecular complexity index is 617. The zero-order valence-corrected chi connectivity index (χ0v) is 16.2. The first-order chi connectivity index (χ1) is 12.2. The fourth-order valence-corrected chi connectivity index (χ4v) is 4.02. The summed E-state index contributed by atoms with van der Waals surface area (Å²) in [6.07, 6.45) is 8.33. The highest BCUT2D eigenvalue weighted by molar-refractivity contribution is 9.10. The van der Waals surface area contributed by atoms with E-state index in [0.29, 0.717) is 12.5 Å². The summed E-state index contributed by atoms with van der Waals surface area (Å²) in [5.74, 6) is 3.59.